The molecule has 2 aromatic rings. The zero-order valence-electron chi connectivity index (χ0n) is 13.5. The van der Waals surface area contributed by atoms with Crippen molar-refractivity contribution in [1.82, 2.24) is 4.72 Å². The summed E-state index contributed by atoms with van der Waals surface area (Å²) in [5.41, 5.74) is 1.22. The number of benzene rings is 2. The van der Waals surface area contributed by atoms with Crippen molar-refractivity contribution >= 4 is 45.0 Å². The summed E-state index contributed by atoms with van der Waals surface area (Å²) < 4.78 is 27.7. The van der Waals surface area contributed by atoms with E-state index in [1.54, 1.807) is 48.2 Å². The van der Waals surface area contributed by atoms with Crippen LogP contribution in [0, 0.1) is 0 Å². The highest BCUT2D eigenvalue weighted by Crippen LogP contribution is 2.36. The molecule has 5 nitrogen and oxygen atoms in total. The number of carbonyl (C=O) groups is 1. The van der Waals surface area contributed by atoms with Crippen LogP contribution in [0.1, 0.15) is 18.9 Å². The van der Waals surface area contributed by atoms with Crippen LogP contribution in [0.4, 0.5) is 5.69 Å². The topological polar surface area (TPSA) is 75.3 Å². The van der Waals surface area contributed by atoms with Crippen molar-refractivity contribution in [2.75, 3.05) is 5.32 Å². The minimum absolute atomic E-state index is 0.0945. The molecule has 3 rings (SSSR count). The zero-order chi connectivity index (χ0) is 18.0. The van der Waals surface area contributed by atoms with Crippen molar-refractivity contribution in [2.24, 2.45) is 0 Å². The molecule has 0 saturated heterocycles. The normalized spacial score (nSPS) is 17.5. The van der Waals surface area contributed by atoms with E-state index >= 15 is 0 Å². The van der Waals surface area contributed by atoms with Crippen LogP contribution >= 0.6 is 23.4 Å². The Bertz CT molecular complexity index is 916. The van der Waals surface area contributed by atoms with E-state index in [2.05, 4.69) is 10.0 Å². The number of rotatable bonds is 4. The smallest absolute Gasteiger partial charge is 0.240 e. The van der Waals surface area contributed by atoms with E-state index in [-0.39, 0.29) is 22.6 Å². The number of thioether (sulfide) groups is 1. The number of halogens is 1. The maximum Gasteiger partial charge on any atom is 0.240 e. The molecule has 2 N–H and O–H groups in total. The third-order valence-corrected chi connectivity index (χ3v) is 6.69. The predicted octanol–water partition coefficient (Wildman–Crippen LogP) is 3.64. The Kier molecular flexibility index (Phi) is 5.38. The molecule has 0 aromatic heterocycles. The van der Waals surface area contributed by atoms with Gasteiger partial charge in [0.05, 0.1) is 10.6 Å². The van der Waals surface area contributed by atoms with E-state index in [0.717, 1.165) is 4.90 Å². The highest BCUT2D eigenvalue weighted by atomic mass is 35.5. The van der Waals surface area contributed by atoms with Gasteiger partial charge in [-0.15, -0.1) is 11.8 Å². The first kappa shape index (κ1) is 18.3. The SMILES string of the molecule is C[C@H]1CC(=O)Nc2cc(S(=O)(=O)NCc3ccccc3Cl)ccc2S1. The molecule has 0 unspecified atom stereocenters. The van der Waals surface area contributed by atoms with E-state index in [1.165, 1.54) is 6.07 Å². The number of amides is 1. The van der Waals surface area contributed by atoms with Crippen molar-refractivity contribution in [2.45, 2.75) is 34.9 Å². The van der Waals surface area contributed by atoms with Gasteiger partial charge in [-0.3, -0.25) is 4.79 Å². The number of hydrogen-bond donors (Lipinski definition) is 2. The molecule has 1 amide bonds. The van der Waals surface area contributed by atoms with Gasteiger partial charge in [0, 0.05) is 28.1 Å². The molecule has 0 saturated carbocycles. The maximum absolute atomic E-state index is 12.6. The Labute approximate surface area is 156 Å². The monoisotopic (exact) mass is 396 g/mol. The first-order valence-corrected chi connectivity index (χ1v) is 10.4. The molecule has 0 fully saturated rings. The average Bonchev–Trinajstić information content (AvgIpc) is 2.69. The standard InChI is InChI=1S/C17H17ClN2O3S2/c1-11-8-17(21)20-15-9-13(6-7-16(15)24-11)25(22,23)19-10-12-4-2-3-5-14(12)18/h2-7,9,11,19H,8,10H2,1H3,(H,20,21)/t11-/m0/s1. The quantitative estimate of drug-likeness (QED) is 0.827. The molecule has 0 spiro atoms. The summed E-state index contributed by atoms with van der Waals surface area (Å²) in [6.07, 6.45) is 0.395. The van der Waals surface area contributed by atoms with Crippen LogP contribution in [0.5, 0.6) is 0 Å². The van der Waals surface area contributed by atoms with Gasteiger partial charge in [0.1, 0.15) is 0 Å². The molecule has 25 heavy (non-hydrogen) atoms. The van der Waals surface area contributed by atoms with E-state index < -0.39 is 10.0 Å². The fraction of sp³-hybridized carbons (Fsp3) is 0.235. The van der Waals surface area contributed by atoms with E-state index in [1.807, 2.05) is 6.92 Å². The van der Waals surface area contributed by atoms with Gasteiger partial charge >= 0.3 is 0 Å². The molecule has 1 atom stereocenters. The number of fused-ring (bicyclic) bond motifs is 1. The van der Waals surface area contributed by atoms with Gasteiger partial charge in [0.25, 0.3) is 0 Å². The summed E-state index contributed by atoms with van der Waals surface area (Å²) in [6, 6.07) is 11.8. The Morgan fingerprint density at radius 3 is 2.80 bits per heavy atom. The van der Waals surface area contributed by atoms with Gasteiger partial charge in [-0.05, 0) is 29.8 Å². The maximum atomic E-state index is 12.6. The molecule has 0 bridgehead atoms. The molecular formula is C17H17ClN2O3S2. The van der Waals surface area contributed by atoms with Crippen LogP contribution in [-0.2, 0) is 21.4 Å². The highest BCUT2D eigenvalue weighted by Gasteiger charge is 2.22. The van der Waals surface area contributed by atoms with Gasteiger partial charge < -0.3 is 5.32 Å². The van der Waals surface area contributed by atoms with Crippen LogP contribution in [0.15, 0.2) is 52.3 Å². The van der Waals surface area contributed by atoms with E-state index in [9.17, 15) is 13.2 Å². The molecule has 1 aliphatic heterocycles. The van der Waals surface area contributed by atoms with Crippen molar-refractivity contribution in [3.63, 3.8) is 0 Å². The molecule has 1 aliphatic rings. The Hall–Kier alpha value is -1.54. The molecule has 0 aliphatic carbocycles. The second-order valence-electron chi connectivity index (χ2n) is 5.75. The molecule has 2 aromatic carbocycles. The summed E-state index contributed by atoms with van der Waals surface area (Å²) in [7, 11) is -3.72. The number of anilines is 1. The van der Waals surface area contributed by atoms with Crippen molar-refractivity contribution in [1.29, 1.82) is 0 Å². The van der Waals surface area contributed by atoms with Gasteiger partial charge in [0.15, 0.2) is 0 Å². The van der Waals surface area contributed by atoms with Crippen LogP contribution in [-0.4, -0.2) is 19.6 Å². The fourth-order valence-corrected chi connectivity index (χ4v) is 4.78. The summed E-state index contributed by atoms with van der Waals surface area (Å²) in [4.78, 5) is 12.8. The van der Waals surface area contributed by atoms with Gasteiger partial charge in [-0.2, -0.15) is 0 Å². The third-order valence-electron chi connectivity index (χ3n) is 3.75. The van der Waals surface area contributed by atoms with Crippen molar-refractivity contribution in [3.05, 3.63) is 53.1 Å². The lowest BCUT2D eigenvalue weighted by Crippen LogP contribution is -2.23. The molecule has 0 radical (unpaired) electrons. The Balaban J connectivity index is 1.83. The van der Waals surface area contributed by atoms with Crippen LogP contribution in [0.25, 0.3) is 0 Å². The largest absolute Gasteiger partial charge is 0.325 e. The van der Waals surface area contributed by atoms with Crippen molar-refractivity contribution in [3.8, 4) is 0 Å². The summed E-state index contributed by atoms with van der Waals surface area (Å²) in [5.74, 6) is -0.114. The molecular weight excluding hydrogens is 380 g/mol. The van der Waals surface area contributed by atoms with Gasteiger partial charge in [-0.1, -0.05) is 36.7 Å². The fourth-order valence-electron chi connectivity index (χ4n) is 2.50. The lowest BCUT2D eigenvalue weighted by atomic mass is 10.2. The number of hydrogen-bond acceptors (Lipinski definition) is 4. The first-order chi connectivity index (χ1) is 11.8. The van der Waals surface area contributed by atoms with Gasteiger partial charge in [-0.25, -0.2) is 13.1 Å². The number of sulfonamides is 1. The minimum atomic E-state index is -3.72. The molecule has 132 valence electrons. The predicted molar refractivity (Wildman–Crippen MR) is 100 cm³/mol. The zero-order valence-corrected chi connectivity index (χ0v) is 15.8. The average molecular weight is 397 g/mol. The second-order valence-corrected chi connectivity index (χ2v) is 9.41. The summed E-state index contributed by atoms with van der Waals surface area (Å²) in [6.45, 7) is 2.06. The van der Waals surface area contributed by atoms with E-state index in [0.29, 0.717) is 22.7 Å². The lowest BCUT2D eigenvalue weighted by molar-refractivity contribution is -0.116. The highest BCUT2D eigenvalue weighted by molar-refractivity contribution is 8.00. The molecule has 8 heteroatoms. The Morgan fingerprint density at radius 1 is 1.28 bits per heavy atom. The molecule has 1 heterocycles. The second kappa shape index (κ2) is 7.37. The lowest BCUT2D eigenvalue weighted by Gasteiger charge is -2.12. The van der Waals surface area contributed by atoms with Crippen molar-refractivity contribution < 1.29 is 13.2 Å². The first-order valence-electron chi connectivity index (χ1n) is 7.69. The van der Waals surface area contributed by atoms with E-state index in [4.69, 9.17) is 11.6 Å². The summed E-state index contributed by atoms with van der Waals surface area (Å²) in [5, 5.41) is 3.42. The van der Waals surface area contributed by atoms with Crippen LogP contribution in [0.2, 0.25) is 5.02 Å². The Morgan fingerprint density at radius 2 is 2.04 bits per heavy atom. The number of carbonyl (C=O) groups excluding carboxylic acids is 1. The minimum Gasteiger partial charge on any atom is -0.325 e. The summed E-state index contributed by atoms with van der Waals surface area (Å²) >= 11 is 7.61. The third kappa shape index (κ3) is 4.36. The van der Waals surface area contributed by atoms with Crippen LogP contribution in [0.3, 0.4) is 0 Å². The number of nitrogens with one attached hydrogen (secondary N) is 2. The van der Waals surface area contributed by atoms with Gasteiger partial charge in [0.2, 0.25) is 15.9 Å². The van der Waals surface area contributed by atoms with Crippen LogP contribution < -0.4 is 10.0 Å².